The van der Waals surface area contributed by atoms with E-state index in [4.69, 9.17) is 0 Å². The average Bonchev–Trinajstić information content (AvgIpc) is 2.36. The Labute approximate surface area is 107 Å². The molecule has 0 aliphatic carbocycles. The van der Waals surface area contributed by atoms with Crippen molar-refractivity contribution in [1.82, 2.24) is 10.1 Å². The summed E-state index contributed by atoms with van der Waals surface area (Å²) in [7, 11) is 0. The zero-order valence-corrected chi connectivity index (χ0v) is 11.3. The van der Waals surface area contributed by atoms with E-state index in [-0.39, 0.29) is 11.8 Å². The number of rotatable bonds is 4. The molecule has 1 fully saturated rings. The SMILES string of the molecule is CCC(C)C1C(=O)N(O)C(C(C)CC)C(=O)N1O. The lowest BCUT2D eigenvalue weighted by Gasteiger charge is -2.42. The average molecular weight is 258 g/mol. The molecule has 104 valence electrons. The summed E-state index contributed by atoms with van der Waals surface area (Å²) in [6, 6.07) is -1.99. The molecule has 4 unspecified atom stereocenters. The third-order valence-electron chi connectivity index (χ3n) is 3.85. The first-order valence-corrected chi connectivity index (χ1v) is 6.40. The molecule has 0 spiro atoms. The second kappa shape index (κ2) is 5.67. The number of hydroxylamine groups is 4. The zero-order chi connectivity index (χ0) is 14.0. The van der Waals surface area contributed by atoms with Gasteiger partial charge < -0.3 is 0 Å². The van der Waals surface area contributed by atoms with Crippen LogP contribution in [-0.2, 0) is 9.59 Å². The van der Waals surface area contributed by atoms with Crippen LogP contribution in [0.2, 0.25) is 0 Å². The third-order valence-corrected chi connectivity index (χ3v) is 3.85. The topological polar surface area (TPSA) is 81.1 Å². The predicted octanol–water partition coefficient (Wildman–Crippen LogP) is 1.27. The molecule has 1 aliphatic rings. The highest BCUT2D eigenvalue weighted by atomic mass is 16.5. The minimum absolute atomic E-state index is 0.209. The highest BCUT2D eigenvalue weighted by molar-refractivity contribution is 5.95. The fraction of sp³-hybridized carbons (Fsp3) is 0.833. The van der Waals surface area contributed by atoms with Crippen LogP contribution in [0.5, 0.6) is 0 Å². The number of carbonyl (C=O) groups excluding carboxylic acids is 2. The lowest BCUT2D eigenvalue weighted by Crippen LogP contribution is -2.65. The zero-order valence-electron chi connectivity index (χ0n) is 11.3. The van der Waals surface area contributed by atoms with Crippen molar-refractivity contribution >= 4 is 11.8 Å². The summed E-state index contributed by atoms with van der Waals surface area (Å²) < 4.78 is 0. The molecular weight excluding hydrogens is 236 g/mol. The lowest BCUT2D eigenvalue weighted by atomic mass is 9.90. The first-order chi connectivity index (χ1) is 8.36. The normalized spacial score (nSPS) is 28.6. The Kier molecular flexibility index (Phi) is 4.70. The number of nitrogens with zero attached hydrogens (tertiary/aromatic N) is 2. The second-order valence-electron chi connectivity index (χ2n) is 5.03. The van der Waals surface area contributed by atoms with Crippen molar-refractivity contribution < 1.29 is 20.0 Å². The Bertz CT molecular complexity index is 302. The van der Waals surface area contributed by atoms with Crippen molar-refractivity contribution in [3.05, 3.63) is 0 Å². The van der Waals surface area contributed by atoms with Crippen LogP contribution in [0, 0.1) is 11.8 Å². The van der Waals surface area contributed by atoms with Crippen LogP contribution >= 0.6 is 0 Å². The molecule has 1 rings (SSSR count). The van der Waals surface area contributed by atoms with Crippen molar-refractivity contribution in [2.45, 2.75) is 52.6 Å². The summed E-state index contributed by atoms with van der Waals surface area (Å²) in [6.45, 7) is 7.24. The van der Waals surface area contributed by atoms with Crippen molar-refractivity contribution in [1.29, 1.82) is 0 Å². The van der Waals surface area contributed by atoms with Gasteiger partial charge in [0.1, 0.15) is 12.1 Å². The summed E-state index contributed by atoms with van der Waals surface area (Å²) in [6.07, 6.45) is 1.26. The van der Waals surface area contributed by atoms with Gasteiger partial charge in [0.05, 0.1) is 0 Å². The van der Waals surface area contributed by atoms with E-state index in [0.29, 0.717) is 23.0 Å². The molecule has 2 amide bonds. The fourth-order valence-electron chi connectivity index (χ4n) is 2.17. The van der Waals surface area contributed by atoms with Gasteiger partial charge in [-0.2, -0.15) is 0 Å². The number of piperazine rings is 1. The molecule has 1 saturated heterocycles. The molecule has 0 aromatic rings. The fourth-order valence-corrected chi connectivity index (χ4v) is 2.17. The van der Waals surface area contributed by atoms with Crippen LogP contribution < -0.4 is 0 Å². The van der Waals surface area contributed by atoms with Gasteiger partial charge in [0.25, 0.3) is 11.8 Å². The van der Waals surface area contributed by atoms with Gasteiger partial charge in [0.2, 0.25) is 0 Å². The quantitative estimate of drug-likeness (QED) is 0.744. The smallest absolute Gasteiger partial charge is 0.272 e. The molecule has 0 aromatic carbocycles. The van der Waals surface area contributed by atoms with Crippen LogP contribution in [0.15, 0.2) is 0 Å². The van der Waals surface area contributed by atoms with Gasteiger partial charge in [-0.25, -0.2) is 10.1 Å². The number of amides is 2. The monoisotopic (exact) mass is 258 g/mol. The molecule has 18 heavy (non-hydrogen) atoms. The van der Waals surface area contributed by atoms with E-state index in [1.807, 2.05) is 13.8 Å². The largest absolute Gasteiger partial charge is 0.285 e. The van der Waals surface area contributed by atoms with Gasteiger partial charge in [-0.15, -0.1) is 0 Å². The van der Waals surface area contributed by atoms with Gasteiger partial charge in [-0.3, -0.25) is 20.0 Å². The van der Waals surface area contributed by atoms with Gasteiger partial charge in [0, 0.05) is 0 Å². The summed E-state index contributed by atoms with van der Waals surface area (Å²) in [5, 5.41) is 20.7. The van der Waals surface area contributed by atoms with E-state index >= 15 is 0 Å². The third kappa shape index (κ3) is 2.35. The second-order valence-corrected chi connectivity index (χ2v) is 5.03. The van der Waals surface area contributed by atoms with Gasteiger partial charge >= 0.3 is 0 Å². The molecule has 0 radical (unpaired) electrons. The Morgan fingerprint density at radius 3 is 1.44 bits per heavy atom. The first kappa shape index (κ1) is 14.9. The van der Waals surface area contributed by atoms with E-state index in [1.165, 1.54) is 0 Å². The first-order valence-electron chi connectivity index (χ1n) is 6.40. The molecule has 0 aromatic heterocycles. The van der Waals surface area contributed by atoms with Crippen molar-refractivity contribution in [2.24, 2.45) is 11.8 Å². The van der Waals surface area contributed by atoms with Gasteiger partial charge in [-0.05, 0) is 11.8 Å². The van der Waals surface area contributed by atoms with Crippen molar-refractivity contribution in [3.8, 4) is 0 Å². The van der Waals surface area contributed by atoms with Crippen molar-refractivity contribution in [2.75, 3.05) is 0 Å². The minimum Gasteiger partial charge on any atom is -0.285 e. The van der Waals surface area contributed by atoms with Crippen LogP contribution in [0.1, 0.15) is 40.5 Å². The van der Waals surface area contributed by atoms with Gasteiger partial charge in [-0.1, -0.05) is 40.5 Å². The highest BCUT2D eigenvalue weighted by Crippen LogP contribution is 2.26. The standard InChI is InChI=1S/C12H22N2O4/c1-5-7(3)9-11(15)14(18)10(8(4)6-2)12(16)13(9)17/h7-10,17-18H,5-6H2,1-4H3. The molecular formula is C12H22N2O4. The molecule has 0 bridgehead atoms. The van der Waals surface area contributed by atoms with E-state index in [9.17, 15) is 20.0 Å². The Morgan fingerprint density at radius 2 is 1.22 bits per heavy atom. The maximum Gasteiger partial charge on any atom is 0.272 e. The molecule has 0 saturated carbocycles. The van der Waals surface area contributed by atoms with Crippen LogP contribution in [0.25, 0.3) is 0 Å². The summed E-state index contributed by atoms with van der Waals surface area (Å²) in [5.41, 5.74) is 0. The minimum atomic E-state index is -0.993. The molecule has 1 heterocycles. The Morgan fingerprint density at radius 1 is 0.944 bits per heavy atom. The summed E-state index contributed by atoms with van der Waals surface area (Å²) >= 11 is 0. The molecule has 2 N–H and O–H groups in total. The molecule has 6 nitrogen and oxygen atoms in total. The Hall–Kier alpha value is -1.14. The van der Waals surface area contributed by atoms with E-state index in [2.05, 4.69) is 0 Å². The van der Waals surface area contributed by atoms with Gasteiger partial charge in [0.15, 0.2) is 0 Å². The maximum absolute atomic E-state index is 12.0. The van der Waals surface area contributed by atoms with Crippen LogP contribution in [-0.4, -0.2) is 44.4 Å². The van der Waals surface area contributed by atoms with Crippen molar-refractivity contribution in [3.63, 3.8) is 0 Å². The molecule has 4 atom stereocenters. The lowest BCUT2D eigenvalue weighted by molar-refractivity contribution is -0.238. The molecule has 6 heteroatoms. The number of hydrogen-bond acceptors (Lipinski definition) is 4. The Balaban J connectivity index is 3.03. The van der Waals surface area contributed by atoms with E-state index in [1.54, 1.807) is 13.8 Å². The van der Waals surface area contributed by atoms with E-state index < -0.39 is 23.9 Å². The number of hydrogen-bond donors (Lipinski definition) is 2. The van der Waals surface area contributed by atoms with Crippen LogP contribution in [0.4, 0.5) is 0 Å². The highest BCUT2D eigenvalue weighted by Gasteiger charge is 2.48. The molecule has 1 aliphatic heterocycles. The van der Waals surface area contributed by atoms with E-state index in [0.717, 1.165) is 0 Å². The summed E-state index contributed by atoms with van der Waals surface area (Å²) in [5.74, 6) is -1.65. The summed E-state index contributed by atoms with van der Waals surface area (Å²) in [4.78, 5) is 24.1. The van der Waals surface area contributed by atoms with Crippen LogP contribution in [0.3, 0.4) is 0 Å². The predicted molar refractivity (Wildman–Crippen MR) is 63.8 cm³/mol. The maximum atomic E-state index is 12.0. The number of carbonyl (C=O) groups is 2.